The van der Waals surface area contributed by atoms with Gasteiger partial charge >= 0.3 is 0 Å². The summed E-state index contributed by atoms with van der Waals surface area (Å²) in [6.07, 6.45) is 12.2. The lowest BCUT2D eigenvalue weighted by atomic mass is 9.61. The van der Waals surface area contributed by atoms with Crippen LogP contribution in [0.25, 0.3) is 0 Å². The van der Waals surface area contributed by atoms with Crippen molar-refractivity contribution in [2.75, 3.05) is 6.61 Å². The number of ether oxygens (including phenoxy) is 1. The average Bonchev–Trinajstić information content (AvgIpc) is 2.62. The third-order valence-electron chi connectivity index (χ3n) is 5.08. The molecule has 0 heterocycles. The molecule has 2 rings (SSSR count). The van der Waals surface area contributed by atoms with E-state index in [2.05, 4.69) is 13.8 Å². The third-order valence-corrected chi connectivity index (χ3v) is 5.70. The molecule has 1 spiro atoms. The van der Waals surface area contributed by atoms with Gasteiger partial charge in [-0.1, -0.05) is 46.0 Å². The first-order valence-corrected chi connectivity index (χ1v) is 8.38. The number of halogens is 1. The molecule has 0 N–H and O–H groups in total. The molecular formula is C16H29ClO. The van der Waals surface area contributed by atoms with E-state index in [1.165, 1.54) is 51.4 Å². The molecule has 0 aromatic heterocycles. The van der Waals surface area contributed by atoms with E-state index in [4.69, 9.17) is 16.3 Å². The van der Waals surface area contributed by atoms with E-state index in [0.717, 1.165) is 13.0 Å². The van der Waals surface area contributed by atoms with Crippen LogP contribution in [0.2, 0.25) is 0 Å². The van der Waals surface area contributed by atoms with Crippen LogP contribution >= 0.6 is 11.6 Å². The SMILES string of the molecule is CCCC(C)COC1CC(Cl)C12CCCCCC2. The standard InChI is InChI=1S/C16H29ClO/c1-3-8-13(2)12-18-15-11-14(17)16(15)9-6-4-5-7-10-16/h13-15H,3-12H2,1-2H3. The lowest BCUT2D eigenvalue weighted by molar-refractivity contribution is -0.122. The minimum atomic E-state index is 0.337. The predicted octanol–water partition coefficient (Wildman–Crippen LogP) is 5.16. The van der Waals surface area contributed by atoms with Crippen molar-refractivity contribution in [2.45, 2.75) is 83.1 Å². The minimum absolute atomic E-state index is 0.337. The van der Waals surface area contributed by atoms with Crippen molar-refractivity contribution in [1.29, 1.82) is 0 Å². The van der Waals surface area contributed by atoms with Crippen molar-refractivity contribution in [1.82, 2.24) is 0 Å². The molecule has 2 heteroatoms. The van der Waals surface area contributed by atoms with Crippen LogP contribution in [0, 0.1) is 11.3 Å². The fourth-order valence-corrected chi connectivity index (χ4v) is 4.33. The summed E-state index contributed by atoms with van der Waals surface area (Å²) < 4.78 is 6.23. The van der Waals surface area contributed by atoms with Crippen LogP contribution in [0.3, 0.4) is 0 Å². The summed E-state index contributed by atoms with van der Waals surface area (Å²) >= 11 is 6.55. The fourth-order valence-electron chi connectivity index (χ4n) is 3.81. The fraction of sp³-hybridized carbons (Fsp3) is 1.00. The van der Waals surface area contributed by atoms with Gasteiger partial charge in [-0.3, -0.25) is 0 Å². The molecule has 2 aliphatic rings. The summed E-state index contributed by atoms with van der Waals surface area (Å²) in [6.45, 7) is 5.49. The lowest BCUT2D eigenvalue weighted by Crippen LogP contribution is -2.55. The molecule has 3 unspecified atom stereocenters. The number of hydrogen-bond acceptors (Lipinski definition) is 1. The van der Waals surface area contributed by atoms with Gasteiger partial charge in [-0.25, -0.2) is 0 Å². The normalized spacial score (nSPS) is 32.8. The summed E-state index contributed by atoms with van der Waals surface area (Å²) in [4.78, 5) is 0. The van der Waals surface area contributed by atoms with Gasteiger partial charge in [0.15, 0.2) is 0 Å². The van der Waals surface area contributed by atoms with Gasteiger partial charge < -0.3 is 4.74 Å². The predicted molar refractivity (Wildman–Crippen MR) is 78.2 cm³/mol. The summed E-state index contributed by atoms with van der Waals surface area (Å²) in [5, 5.41) is 0.377. The number of hydrogen-bond donors (Lipinski definition) is 0. The zero-order valence-electron chi connectivity index (χ0n) is 12.1. The Morgan fingerprint density at radius 3 is 2.44 bits per heavy atom. The second-order valence-electron chi connectivity index (χ2n) is 6.57. The van der Waals surface area contributed by atoms with Gasteiger partial charge in [0.1, 0.15) is 0 Å². The second-order valence-corrected chi connectivity index (χ2v) is 7.09. The molecule has 0 radical (unpaired) electrons. The van der Waals surface area contributed by atoms with E-state index in [-0.39, 0.29) is 0 Å². The van der Waals surface area contributed by atoms with Crippen LogP contribution in [0.4, 0.5) is 0 Å². The molecule has 2 fully saturated rings. The summed E-state index contributed by atoms with van der Waals surface area (Å²) in [5.41, 5.74) is 0.337. The van der Waals surface area contributed by atoms with Crippen molar-refractivity contribution in [3.63, 3.8) is 0 Å². The lowest BCUT2D eigenvalue weighted by Gasteiger charge is -2.53. The Kier molecular flexibility index (Phi) is 5.38. The van der Waals surface area contributed by atoms with Crippen LogP contribution in [0.5, 0.6) is 0 Å². The molecule has 3 atom stereocenters. The second kappa shape index (κ2) is 6.61. The van der Waals surface area contributed by atoms with Gasteiger partial charge in [0.25, 0.3) is 0 Å². The maximum atomic E-state index is 6.55. The van der Waals surface area contributed by atoms with Gasteiger partial charge in [-0.15, -0.1) is 11.6 Å². The van der Waals surface area contributed by atoms with Crippen molar-refractivity contribution < 1.29 is 4.74 Å². The van der Waals surface area contributed by atoms with Crippen molar-refractivity contribution in [2.24, 2.45) is 11.3 Å². The van der Waals surface area contributed by atoms with Crippen LogP contribution < -0.4 is 0 Å². The molecule has 18 heavy (non-hydrogen) atoms. The van der Waals surface area contributed by atoms with Crippen LogP contribution in [0.15, 0.2) is 0 Å². The minimum Gasteiger partial charge on any atom is -0.377 e. The molecule has 106 valence electrons. The molecule has 0 aromatic rings. The summed E-state index contributed by atoms with van der Waals surface area (Å²) in [7, 11) is 0. The van der Waals surface area contributed by atoms with Crippen molar-refractivity contribution in [3.05, 3.63) is 0 Å². The molecule has 0 bridgehead atoms. The number of rotatable bonds is 5. The van der Waals surface area contributed by atoms with Crippen LogP contribution in [-0.2, 0) is 4.74 Å². The smallest absolute Gasteiger partial charge is 0.0659 e. The highest BCUT2D eigenvalue weighted by molar-refractivity contribution is 6.21. The Labute approximate surface area is 118 Å². The first kappa shape index (κ1) is 14.7. The van der Waals surface area contributed by atoms with Gasteiger partial charge in [0, 0.05) is 17.4 Å². The summed E-state index contributed by atoms with van der Waals surface area (Å²) in [6, 6.07) is 0. The third kappa shape index (κ3) is 3.04. The van der Waals surface area contributed by atoms with E-state index in [1.54, 1.807) is 0 Å². The Balaban J connectivity index is 1.85. The molecule has 0 aromatic carbocycles. The van der Waals surface area contributed by atoms with E-state index in [1.807, 2.05) is 0 Å². The van der Waals surface area contributed by atoms with Crippen molar-refractivity contribution in [3.8, 4) is 0 Å². The largest absolute Gasteiger partial charge is 0.377 e. The molecule has 0 amide bonds. The topological polar surface area (TPSA) is 9.23 Å². The maximum Gasteiger partial charge on any atom is 0.0659 e. The zero-order chi connectivity index (χ0) is 13.0. The van der Waals surface area contributed by atoms with E-state index < -0.39 is 0 Å². The van der Waals surface area contributed by atoms with Crippen LogP contribution in [-0.4, -0.2) is 18.1 Å². The molecule has 0 aliphatic heterocycles. The Bertz CT molecular complexity index is 245. The highest BCUT2D eigenvalue weighted by atomic mass is 35.5. The van der Waals surface area contributed by atoms with E-state index >= 15 is 0 Å². The van der Waals surface area contributed by atoms with Crippen molar-refractivity contribution >= 4 is 11.6 Å². The zero-order valence-corrected chi connectivity index (χ0v) is 12.8. The number of alkyl halides is 1. The first-order valence-electron chi connectivity index (χ1n) is 7.94. The highest BCUT2D eigenvalue weighted by Crippen LogP contribution is 2.55. The van der Waals surface area contributed by atoms with Gasteiger partial charge in [0.05, 0.1) is 6.10 Å². The van der Waals surface area contributed by atoms with Gasteiger partial charge in [-0.2, -0.15) is 0 Å². The maximum absolute atomic E-state index is 6.55. The Morgan fingerprint density at radius 2 is 1.89 bits per heavy atom. The molecule has 2 aliphatic carbocycles. The molecular weight excluding hydrogens is 244 g/mol. The first-order chi connectivity index (χ1) is 8.69. The Morgan fingerprint density at radius 1 is 1.22 bits per heavy atom. The molecule has 1 nitrogen and oxygen atoms in total. The molecule has 2 saturated carbocycles. The van der Waals surface area contributed by atoms with E-state index in [0.29, 0.717) is 22.8 Å². The van der Waals surface area contributed by atoms with Gasteiger partial charge in [-0.05, 0) is 31.6 Å². The summed E-state index contributed by atoms with van der Waals surface area (Å²) in [5.74, 6) is 0.701. The highest BCUT2D eigenvalue weighted by Gasteiger charge is 2.54. The molecule has 0 saturated heterocycles. The van der Waals surface area contributed by atoms with Gasteiger partial charge in [0.2, 0.25) is 0 Å². The van der Waals surface area contributed by atoms with E-state index in [9.17, 15) is 0 Å². The quantitative estimate of drug-likeness (QED) is 0.628. The monoisotopic (exact) mass is 272 g/mol. The average molecular weight is 273 g/mol. The van der Waals surface area contributed by atoms with Crippen LogP contribution in [0.1, 0.15) is 71.6 Å². The Hall–Kier alpha value is 0.250.